The number of hydrogen-bond acceptors (Lipinski definition) is 4. The summed E-state index contributed by atoms with van der Waals surface area (Å²) in [4.78, 5) is 19.2. The highest BCUT2D eigenvalue weighted by atomic mass is 19.3. The van der Waals surface area contributed by atoms with E-state index < -0.39 is 18.9 Å². The number of fused-ring (bicyclic) bond motifs is 1. The minimum absolute atomic E-state index is 0.117. The fourth-order valence-corrected chi connectivity index (χ4v) is 3.61. The van der Waals surface area contributed by atoms with Crippen molar-refractivity contribution in [1.82, 2.24) is 15.0 Å². The number of halogens is 2. The van der Waals surface area contributed by atoms with Crippen molar-refractivity contribution < 1.29 is 18.1 Å². The predicted octanol–water partition coefficient (Wildman–Crippen LogP) is 4.64. The van der Waals surface area contributed by atoms with Gasteiger partial charge < -0.3 is 9.42 Å². The van der Waals surface area contributed by atoms with Crippen molar-refractivity contribution >= 4 is 17.0 Å². The topological polar surface area (TPSA) is 59.2 Å². The molecule has 5 nitrogen and oxygen atoms in total. The lowest BCUT2D eigenvalue weighted by atomic mass is 10.0. The van der Waals surface area contributed by atoms with Gasteiger partial charge >= 0.3 is 0 Å². The zero-order chi connectivity index (χ0) is 19.3. The largest absolute Gasteiger partial charge is 0.335 e. The van der Waals surface area contributed by atoms with E-state index in [1.165, 1.54) is 4.90 Å². The average molecular weight is 383 g/mol. The van der Waals surface area contributed by atoms with Crippen LogP contribution >= 0.6 is 0 Å². The summed E-state index contributed by atoms with van der Waals surface area (Å²) in [5, 5.41) is 4.65. The summed E-state index contributed by atoms with van der Waals surface area (Å²) in [7, 11) is 0. The van der Waals surface area contributed by atoms with Gasteiger partial charge in [-0.25, -0.2) is 13.8 Å². The van der Waals surface area contributed by atoms with Crippen LogP contribution in [0.25, 0.3) is 22.4 Å². The normalized spacial score (nSPS) is 16.7. The molecule has 0 unspecified atom stereocenters. The summed E-state index contributed by atoms with van der Waals surface area (Å²) in [6.07, 6.45) is 0.972. The van der Waals surface area contributed by atoms with Gasteiger partial charge in [0.1, 0.15) is 5.69 Å². The Morgan fingerprint density at radius 3 is 2.57 bits per heavy atom. The van der Waals surface area contributed by atoms with Gasteiger partial charge in [-0.2, -0.15) is 0 Å². The van der Waals surface area contributed by atoms with Crippen LogP contribution in [0.3, 0.4) is 0 Å². The second-order valence-electron chi connectivity index (χ2n) is 7.53. The number of benzene rings is 1. The van der Waals surface area contributed by atoms with Gasteiger partial charge in [0.25, 0.3) is 18.0 Å². The molecular formula is C21H19F2N3O2. The number of alkyl halides is 2. The molecule has 0 atom stereocenters. The fourth-order valence-electron chi connectivity index (χ4n) is 3.61. The van der Waals surface area contributed by atoms with Gasteiger partial charge in [0.2, 0.25) is 0 Å². The van der Waals surface area contributed by atoms with Crippen LogP contribution in [0.5, 0.6) is 0 Å². The number of amides is 1. The van der Waals surface area contributed by atoms with Crippen molar-refractivity contribution in [3.63, 3.8) is 0 Å². The van der Waals surface area contributed by atoms with E-state index in [0.29, 0.717) is 28.3 Å². The zero-order valence-corrected chi connectivity index (χ0v) is 15.1. The Morgan fingerprint density at radius 1 is 1.18 bits per heavy atom. The first kappa shape index (κ1) is 17.3. The van der Waals surface area contributed by atoms with Crippen LogP contribution in [0.4, 0.5) is 8.78 Å². The molecule has 1 aromatic carbocycles. The Kier molecular flexibility index (Phi) is 4.10. The minimum atomic E-state index is -2.57. The first-order valence-corrected chi connectivity index (χ1v) is 9.56. The Balaban J connectivity index is 1.66. The summed E-state index contributed by atoms with van der Waals surface area (Å²) in [5.74, 6) is -0.0943. The van der Waals surface area contributed by atoms with Crippen molar-refractivity contribution in [2.45, 2.75) is 44.1 Å². The summed E-state index contributed by atoms with van der Waals surface area (Å²) < 4.78 is 31.7. The standard InChI is InChI=1S/C21H19F2N3O2/c22-17(23)11-26(14-8-9-14)21(27)15-10-16(12-6-7-12)24-20-18(15)19(25-28-20)13-4-2-1-3-5-13/h1-5,10,12,14,17H,6-9,11H2. The molecule has 144 valence electrons. The maximum Gasteiger partial charge on any atom is 0.259 e. The predicted molar refractivity (Wildman–Crippen MR) is 99.3 cm³/mol. The van der Waals surface area contributed by atoms with E-state index in [0.717, 1.165) is 36.9 Å². The second kappa shape index (κ2) is 6.65. The number of rotatable bonds is 6. The maximum atomic E-state index is 13.3. The monoisotopic (exact) mass is 383 g/mol. The van der Waals surface area contributed by atoms with Crippen LogP contribution in [0.2, 0.25) is 0 Å². The van der Waals surface area contributed by atoms with Gasteiger partial charge in [0.05, 0.1) is 17.5 Å². The number of carbonyl (C=O) groups excluding carboxylic acids is 1. The molecule has 3 aromatic rings. The zero-order valence-electron chi connectivity index (χ0n) is 15.1. The summed E-state index contributed by atoms with van der Waals surface area (Å²) in [6.45, 7) is -0.558. The highest BCUT2D eigenvalue weighted by Crippen LogP contribution is 2.42. The molecule has 1 amide bonds. The van der Waals surface area contributed by atoms with Crippen molar-refractivity contribution in [3.05, 3.63) is 47.7 Å². The second-order valence-corrected chi connectivity index (χ2v) is 7.53. The van der Waals surface area contributed by atoms with Gasteiger partial charge in [-0.15, -0.1) is 0 Å². The van der Waals surface area contributed by atoms with Crippen LogP contribution < -0.4 is 0 Å². The fraction of sp³-hybridized carbons (Fsp3) is 0.381. The number of aromatic nitrogens is 2. The smallest absolute Gasteiger partial charge is 0.259 e. The first-order valence-electron chi connectivity index (χ1n) is 9.56. The van der Waals surface area contributed by atoms with Gasteiger partial charge in [0.15, 0.2) is 0 Å². The lowest BCUT2D eigenvalue weighted by molar-refractivity contribution is 0.0536. The van der Waals surface area contributed by atoms with E-state index in [-0.39, 0.29) is 6.04 Å². The summed E-state index contributed by atoms with van der Waals surface area (Å²) in [6, 6.07) is 11.0. The lowest BCUT2D eigenvalue weighted by Crippen LogP contribution is -2.37. The van der Waals surface area contributed by atoms with Gasteiger partial charge in [0, 0.05) is 23.2 Å². The highest BCUT2D eigenvalue weighted by molar-refractivity contribution is 6.09. The summed E-state index contributed by atoms with van der Waals surface area (Å²) >= 11 is 0. The summed E-state index contributed by atoms with van der Waals surface area (Å²) in [5.41, 5.74) is 2.74. The molecule has 5 rings (SSSR count). The number of hydrogen-bond donors (Lipinski definition) is 0. The molecule has 0 radical (unpaired) electrons. The molecule has 28 heavy (non-hydrogen) atoms. The van der Waals surface area contributed by atoms with Crippen LogP contribution in [0, 0.1) is 0 Å². The van der Waals surface area contributed by atoms with E-state index in [1.807, 2.05) is 30.3 Å². The highest BCUT2D eigenvalue weighted by Gasteiger charge is 2.37. The lowest BCUT2D eigenvalue weighted by Gasteiger charge is -2.22. The van der Waals surface area contributed by atoms with E-state index in [1.54, 1.807) is 6.07 Å². The number of nitrogens with zero attached hydrogens (tertiary/aromatic N) is 3. The molecule has 0 N–H and O–H groups in total. The van der Waals surface area contributed by atoms with Crippen LogP contribution in [-0.4, -0.2) is 40.0 Å². The number of pyridine rings is 1. The molecule has 0 aliphatic heterocycles. The van der Waals surface area contributed by atoms with Gasteiger partial charge in [-0.05, 0) is 31.7 Å². The Morgan fingerprint density at radius 2 is 1.93 bits per heavy atom. The molecular weight excluding hydrogens is 364 g/mol. The van der Waals surface area contributed by atoms with Crippen molar-refractivity contribution in [2.24, 2.45) is 0 Å². The SMILES string of the molecule is O=C(c1cc(C2CC2)nc2onc(-c3ccccc3)c12)N(CC(F)F)C1CC1. The maximum absolute atomic E-state index is 13.3. The Hall–Kier alpha value is -2.83. The van der Waals surface area contributed by atoms with Crippen LogP contribution in [-0.2, 0) is 0 Å². The third kappa shape index (κ3) is 3.15. The molecule has 2 aliphatic rings. The van der Waals surface area contributed by atoms with Crippen molar-refractivity contribution in [1.29, 1.82) is 0 Å². The molecule has 2 fully saturated rings. The molecule has 2 aliphatic carbocycles. The molecule has 2 aromatic heterocycles. The quantitative estimate of drug-likeness (QED) is 0.622. The average Bonchev–Trinajstić information content (AvgIpc) is 3.62. The van der Waals surface area contributed by atoms with Gasteiger partial charge in [-0.3, -0.25) is 4.79 Å². The minimum Gasteiger partial charge on any atom is -0.335 e. The molecule has 0 spiro atoms. The third-order valence-corrected chi connectivity index (χ3v) is 5.32. The Labute approximate surface area is 160 Å². The molecule has 2 saturated carbocycles. The first-order chi connectivity index (χ1) is 13.6. The van der Waals surface area contributed by atoms with E-state index in [9.17, 15) is 13.6 Å². The van der Waals surface area contributed by atoms with E-state index in [2.05, 4.69) is 10.1 Å². The van der Waals surface area contributed by atoms with Crippen LogP contribution in [0.1, 0.15) is 47.7 Å². The third-order valence-electron chi connectivity index (χ3n) is 5.32. The van der Waals surface area contributed by atoms with E-state index in [4.69, 9.17) is 4.52 Å². The Bertz CT molecular complexity index is 1030. The van der Waals surface area contributed by atoms with Crippen molar-refractivity contribution in [2.75, 3.05) is 6.54 Å². The van der Waals surface area contributed by atoms with E-state index >= 15 is 0 Å². The molecule has 2 heterocycles. The molecule has 7 heteroatoms. The van der Waals surface area contributed by atoms with Crippen molar-refractivity contribution in [3.8, 4) is 11.3 Å². The molecule has 0 saturated heterocycles. The van der Waals surface area contributed by atoms with Gasteiger partial charge in [-0.1, -0.05) is 35.5 Å². The number of carbonyl (C=O) groups is 1. The molecule has 0 bridgehead atoms. The van der Waals surface area contributed by atoms with Crippen LogP contribution in [0.15, 0.2) is 40.9 Å².